The standard InChI is InChI=1S/C16H19N5S2/c1-11(15-18-13-5-3-4-6-14(13)23-15)19(2)10-21-16(22)20(9-17-21)12-7-8-12/h3-6,9,11-12H,7-8,10H2,1-2H3/t11-/m0/s1. The van der Waals surface area contributed by atoms with Crippen LogP contribution in [0.3, 0.4) is 0 Å². The van der Waals surface area contributed by atoms with Crippen LogP contribution in [-0.4, -0.2) is 31.3 Å². The summed E-state index contributed by atoms with van der Waals surface area (Å²) in [5.74, 6) is 0. The SMILES string of the molecule is C[C@@H](c1nc2ccccc2s1)N(C)Cn1ncn(C2CC2)c1=S. The Morgan fingerprint density at radius 3 is 2.91 bits per heavy atom. The first-order valence-electron chi connectivity index (χ1n) is 7.83. The summed E-state index contributed by atoms with van der Waals surface area (Å²) in [5, 5.41) is 5.58. The van der Waals surface area contributed by atoms with Crippen LogP contribution in [0.2, 0.25) is 0 Å². The summed E-state index contributed by atoms with van der Waals surface area (Å²) >= 11 is 7.29. The molecule has 1 atom stereocenters. The van der Waals surface area contributed by atoms with Gasteiger partial charge in [-0.25, -0.2) is 9.67 Å². The van der Waals surface area contributed by atoms with Gasteiger partial charge in [-0.1, -0.05) is 12.1 Å². The van der Waals surface area contributed by atoms with Crippen LogP contribution in [-0.2, 0) is 6.67 Å². The highest BCUT2D eigenvalue weighted by Gasteiger charge is 2.25. The minimum absolute atomic E-state index is 0.223. The predicted octanol–water partition coefficient (Wildman–Crippen LogP) is 4.01. The Bertz CT molecular complexity index is 856. The van der Waals surface area contributed by atoms with Crippen molar-refractivity contribution in [2.45, 2.75) is 38.5 Å². The molecule has 4 rings (SSSR count). The number of thiazole rings is 1. The molecule has 1 aliphatic carbocycles. The maximum absolute atomic E-state index is 5.54. The van der Waals surface area contributed by atoms with Gasteiger partial charge in [0.2, 0.25) is 0 Å². The molecule has 2 heterocycles. The van der Waals surface area contributed by atoms with Crippen LogP contribution in [0.5, 0.6) is 0 Å². The lowest BCUT2D eigenvalue weighted by atomic mass is 10.3. The van der Waals surface area contributed by atoms with Crippen LogP contribution in [0.15, 0.2) is 30.6 Å². The summed E-state index contributed by atoms with van der Waals surface area (Å²) < 4.78 is 6.07. The Kier molecular flexibility index (Phi) is 3.79. The molecule has 1 saturated carbocycles. The number of para-hydroxylation sites is 1. The Hall–Kier alpha value is -1.57. The van der Waals surface area contributed by atoms with Crippen LogP contribution < -0.4 is 0 Å². The van der Waals surface area contributed by atoms with E-state index in [0.29, 0.717) is 12.7 Å². The van der Waals surface area contributed by atoms with Gasteiger partial charge in [0.15, 0.2) is 4.77 Å². The van der Waals surface area contributed by atoms with E-state index in [1.165, 1.54) is 17.5 Å². The highest BCUT2D eigenvalue weighted by atomic mass is 32.1. The van der Waals surface area contributed by atoms with Gasteiger partial charge in [-0.05, 0) is 51.2 Å². The molecular weight excluding hydrogens is 326 g/mol. The van der Waals surface area contributed by atoms with E-state index in [1.807, 2.05) is 17.1 Å². The monoisotopic (exact) mass is 345 g/mol. The molecule has 1 aliphatic rings. The van der Waals surface area contributed by atoms with Crippen LogP contribution in [0.1, 0.15) is 36.9 Å². The van der Waals surface area contributed by atoms with E-state index in [0.717, 1.165) is 15.3 Å². The number of rotatable bonds is 5. The summed E-state index contributed by atoms with van der Waals surface area (Å²) in [4.78, 5) is 6.99. The van der Waals surface area contributed by atoms with E-state index in [4.69, 9.17) is 17.2 Å². The Labute approximate surface area is 144 Å². The Morgan fingerprint density at radius 2 is 2.17 bits per heavy atom. The third-order valence-electron chi connectivity index (χ3n) is 4.38. The number of fused-ring (bicyclic) bond motifs is 1. The number of nitrogens with zero attached hydrogens (tertiary/aromatic N) is 5. The van der Waals surface area contributed by atoms with Crippen LogP contribution in [0, 0.1) is 4.77 Å². The van der Waals surface area contributed by atoms with E-state index < -0.39 is 0 Å². The van der Waals surface area contributed by atoms with E-state index in [1.54, 1.807) is 11.3 Å². The van der Waals surface area contributed by atoms with Crippen molar-refractivity contribution in [1.82, 2.24) is 24.2 Å². The highest BCUT2D eigenvalue weighted by Crippen LogP contribution is 2.35. The number of hydrogen-bond donors (Lipinski definition) is 0. The lowest BCUT2D eigenvalue weighted by Crippen LogP contribution is -2.26. The summed E-state index contributed by atoms with van der Waals surface area (Å²) in [6, 6.07) is 9.07. The molecule has 0 bridgehead atoms. The second-order valence-electron chi connectivity index (χ2n) is 6.15. The topological polar surface area (TPSA) is 38.9 Å². The minimum Gasteiger partial charge on any atom is -0.303 e. The number of benzene rings is 1. The van der Waals surface area contributed by atoms with Gasteiger partial charge in [-0.15, -0.1) is 11.3 Å². The zero-order valence-electron chi connectivity index (χ0n) is 13.2. The summed E-state index contributed by atoms with van der Waals surface area (Å²) in [5.41, 5.74) is 1.07. The lowest BCUT2D eigenvalue weighted by molar-refractivity contribution is 0.194. The predicted molar refractivity (Wildman–Crippen MR) is 95.1 cm³/mol. The third-order valence-corrected chi connectivity index (χ3v) is 6.01. The molecule has 2 aromatic heterocycles. The van der Waals surface area contributed by atoms with E-state index in [2.05, 4.69) is 46.7 Å². The maximum Gasteiger partial charge on any atom is 0.199 e. The normalized spacial score (nSPS) is 16.3. The molecule has 1 aromatic carbocycles. The van der Waals surface area contributed by atoms with Gasteiger partial charge < -0.3 is 4.57 Å². The molecule has 1 fully saturated rings. The molecule has 0 aliphatic heterocycles. The fraction of sp³-hybridized carbons (Fsp3) is 0.438. The minimum atomic E-state index is 0.223. The first kappa shape index (κ1) is 15.0. The zero-order valence-corrected chi connectivity index (χ0v) is 14.8. The maximum atomic E-state index is 5.54. The molecule has 3 aromatic rings. The molecule has 0 unspecified atom stereocenters. The lowest BCUT2D eigenvalue weighted by Gasteiger charge is -2.22. The largest absolute Gasteiger partial charge is 0.303 e. The van der Waals surface area contributed by atoms with Crippen LogP contribution in [0.25, 0.3) is 10.2 Å². The van der Waals surface area contributed by atoms with Crippen molar-refractivity contribution in [3.63, 3.8) is 0 Å². The number of hydrogen-bond acceptors (Lipinski definition) is 5. The highest BCUT2D eigenvalue weighted by molar-refractivity contribution is 7.71. The second-order valence-corrected chi connectivity index (χ2v) is 7.57. The van der Waals surface area contributed by atoms with Crippen LogP contribution in [0.4, 0.5) is 0 Å². The molecule has 0 spiro atoms. The quantitative estimate of drug-likeness (QED) is 0.655. The fourth-order valence-electron chi connectivity index (χ4n) is 2.64. The smallest absolute Gasteiger partial charge is 0.199 e. The average Bonchev–Trinajstić information content (AvgIpc) is 3.20. The van der Waals surface area contributed by atoms with Gasteiger partial charge in [-0.2, -0.15) is 5.10 Å². The van der Waals surface area contributed by atoms with Gasteiger partial charge in [0.1, 0.15) is 11.3 Å². The molecule has 7 heteroatoms. The van der Waals surface area contributed by atoms with Gasteiger partial charge in [0.05, 0.1) is 22.9 Å². The Balaban J connectivity index is 1.53. The van der Waals surface area contributed by atoms with Crippen molar-refractivity contribution in [2.24, 2.45) is 0 Å². The summed E-state index contributed by atoms with van der Waals surface area (Å²) in [7, 11) is 2.09. The molecule has 23 heavy (non-hydrogen) atoms. The molecule has 0 N–H and O–H groups in total. The molecular formula is C16H19N5S2. The zero-order chi connectivity index (χ0) is 16.0. The van der Waals surface area contributed by atoms with Crippen molar-refractivity contribution in [3.05, 3.63) is 40.4 Å². The van der Waals surface area contributed by atoms with Crippen LogP contribution >= 0.6 is 23.6 Å². The van der Waals surface area contributed by atoms with Gasteiger partial charge in [-0.3, -0.25) is 4.90 Å². The first-order chi connectivity index (χ1) is 11.1. The Morgan fingerprint density at radius 1 is 1.39 bits per heavy atom. The van der Waals surface area contributed by atoms with E-state index in [-0.39, 0.29) is 6.04 Å². The van der Waals surface area contributed by atoms with Crippen molar-refractivity contribution in [2.75, 3.05) is 7.05 Å². The van der Waals surface area contributed by atoms with Gasteiger partial charge in [0.25, 0.3) is 0 Å². The van der Waals surface area contributed by atoms with E-state index >= 15 is 0 Å². The summed E-state index contributed by atoms with van der Waals surface area (Å²) in [6.45, 7) is 2.86. The first-order valence-corrected chi connectivity index (χ1v) is 9.05. The molecule has 0 radical (unpaired) electrons. The molecule has 5 nitrogen and oxygen atoms in total. The van der Waals surface area contributed by atoms with Crippen molar-refractivity contribution >= 4 is 33.8 Å². The van der Waals surface area contributed by atoms with Crippen molar-refractivity contribution in [3.8, 4) is 0 Å². The third kappa shape index (κ3) is 2.84. The van der Waals surface area contributed by atoms with Gasteiger partial charge >= 0.3 is 0 Å². The van der Waals surface area contributed by atoms with Crippen molar-refractivity contribution in [1.29, 1.82) is 0 Å². The van der Waals surface area contributed by atoms with E-state index in [9.17, 15) is 0 Å². The average molecular weight is 345 g/mol. The molecule has 0 saturated heterocycles. The van der Waals surface area contributed by atoms with Gasteiger partial charge in [0, 0.05) is 6.04 Å². The summed E-state index contributed by atoms with van der Waals surface area (Å²) in [6.07, 6.45) is 4.31. The number of aromatic nitrogens is 4. The molecule has 0 amide bonds. The fourth-order valence-corrected chi connectivity index (χ4v) is 4.03. The molecule has 120 valence electrons. The van der Waals surface area contributed by atoms with Crippen molar-refractivity contribution < 1.29 is 0 Å². The second kappa shape index (κ2) is 5.81.